The summed E-state index contributed by atoms with van der Waals surface area (Å²) in [5.74, 6) is 0. The van der Waals surface area contributed by atoms with Gasteiger partial charge in [0.15, 0.2) is 0 Å². The van der Waals surface area contributed by atoms with Gasteiger partial charge in [0, 0.05) is 13.2 Å². The summed E-state index contributed by atoms with van der Waals surface area (Å²) in [6, 6.07) is 0. The molecule has 0 aromatic carbocycles. The molecule has 2 atom stereocenters. The Morgan fingerprint density at radius 1 is 0.422 bits per heavy atom. The fourth-order valence-electron chi connectivity index (χ4n) is 6.14. The van der Waals surface area contributed by atoms with Crippen molar-refractivity contribution in [2.45, 2.75) is 206 Å². The van der Waals surface area contributed by atoms with Crippen molar-refractivity contribution in [3.05, 3.63) is 48.6 Å². The number of ether oxygens (including phenoxy) is 2. The molecule has 0 radical (unpaired) electrons. The van der Waals surface area contributed by atoms with Crippen LogP contribution < -0.4 is 0 Å². The number of unbranched alkanes of at least 4 members (excludes halogenated alkanes) is 18. The van der Waals surface area contributed by atoms with Gasteiger partial charge in [-0.3, -0.25) is 0 Å². The van der Waals surface area contributed by atoms with Crippen molar-refractivity contribution in [3.8, 4) is 0 Å². The van der Waals surface area contributed by atoms with Gasteiger partial charge in [-0.05, 0) is 96.3 Å². The first kappa shape index (κ1) is 41.9. The summed E-state index contributed by atoms with van der Waals surface area (Å²) in [4.78, 5) is 0. The summed E-state index contributed by atoms with van der Waals surface area (Å²) in [7, 11) is 0. The van der Waals surface area contributed by atoms with Gasteiger partial charge in [-0.15, -0.1) is 0 Å². The maximum absolute atomic E-state index is 10.4. The molecule has 0 spiro atoms. The third-order valence-corrected chi connectivity index (χ3v) is 8.99. The molecule has 1 aliphatic carbocycles. The highest BCUT2D eigenvalue weighted by Gasteiger charge is 2.28. The Kier molecular flexibility index (Phi) is 31.8. The molecule has 1 N–H and O–H groups in total. The average Bonchev–Trinajstić information content (AvgIpc) is 3.03. The second kappa shape index (κ2) is 34.2. The van der Waals surface area contributed by atoms with Crippen LogP contribution in [0.3, 0.4) is 0 Å². The van der Waals surface area contributed by atoms with Gasteiger partial charge in [0.1, 0.15) is 0 Å². The summed E-state index contributed by atoms with van der Waals surface area (Å²) < 4.78 is 12.4. The van der Waals surface area contributed by atoms with Gasteiger partial charge < -0.3 is 14.6 Å². The molecule has 0 amide bonds. The quantitative estimate of drug-likeness (QED) is 0.0595. The molecule has 0 aliphatic heterocycles. The lowest BCUT2D eigenvalue weighted by Crippen LogP contribution is -2.36. The van der Waals surface area contributed by atoms with E-state index in [1.54, 1.807) is 0 Å². The SMILES string of the molecule is CCCCC/C=C\C/C=C\CCCCCCCCOC1CC(O)CC(OCCCCCCCC/C=C\C/C=C\CCCCC)C1. The molecule has 0 heterocycles. The van der Waals surface area contributed by atoms with Gasteiger partial charge in [0.25, 0.3) is 0 Å². The smallest absolute Gasteiger partial charge is 0.0624 e. The molecule has 1 aliphatic rings. The molecular formula is C42H76O3. The lowest BCUT2D eigenvalue weighted by molar-refractivity contribution is -0.0831. The van der Waals surface area contributed by atoms with Crippen LogP contribution in [-0.2, 0) is 9.47 Å². The molecule has 0 bridgehead atoms. The molecule has 0 aromatic heterocycles. The summed E-state index contributed by atoms with van der Waals surface area (Å²) in [6.07, 6.45) is 51.6. The standard InChI is InChI=1S/C42H76O3/c1-3-5-7-9-11-13-15-17-19-21-23-25-27-29-31-33-35-44-41-37-40(43)38-42(39-41)45-36-34-32-30-28-26-24-22-20-18-16-14-12-10-8-6-4-2/h11-14,17-20,40-43H,3-10,15-16,21-39H2,1-2H3/b13-11-,14-12-,19-17-,20-18-. The van der Waals surface area contributed by atoms with Gasteiger partial charge in [-0.2, -0.15) is 0 Å². The van der Waals surface area contributed by atoms with Crippen LogP contribution in [0.4, 0.5) is 0 Å². The molecule has 0 saturated heterocycles. The van der Waals surface area contributed by atoms with Gasteiger partial charge >= 0.3 is 0 Å². The Labute approximate surface area is 281 Å². The molecule has 3 nitrogen and oxygen atoms in total. The molecule has 1 saturated carbocycles. The van der Waals surface area contributed by atoms with Crippen LogP contribution in [0.15, 0.2) is 48.6 Å². The highest BCUT2D eigenvalue weighted by Crippen LogP contribution is 2.25. The Morgan fingerprint density at radius 3 is 1.13 bits per heavy atom. The predicted molar refractivity (Wildman–Crippen MR) is 198 cm³/mol. The lowest BCUT2D eigenvalue weighted by atomic mass is 9.92. The van der Waals surface area contributed by atoms with Crippen LogP contribution in [0.2, 0.25) is 0 Å². The van der Waals surface area contributed by atoms with E-state index in [1.165, 1.54) is 128 Å². The number of aliphatic hydroxyl groups excluding tert-OH is 1. The van der Waals surface area contributed by atoms with Crippen molar-refractivity contribution in [3.63, 3.8) is 0 Å². The fraction of sp³-hybridized carbons (Fsp3) is 0.810. The lowest BCUT2D eigenvalue weighted by Gasteiger charge is -2.32. The van der Waals surface area contributed by atoms with E-state index < -0.39 is 0 Å². The minimum Gasteiger partial charge on any atom is -0.393 e. The van der Waals surface area contributed by atoms with Gasteiger partial charge in [0.2, 0.25) is 0 Å². The molecule has 1 fully saturated rings. The van der Waals surface area contributed by atoms with E-state index in [9.17, 15) is 5.11 Å². The zero-order valence-electron chi connectivity index (χ0n) is 30.1. The van der Waals surface area contributed by atoms with Crippen molar-refractivity contribution in [2.24, 2.45) is 0 Å². The maximum Gasteiger partial charge on any atom is 0.0624 e. The molecule has 45 heavy (non-hydrogen) atoms. The highest BCUT2D eigenvalue weighted by molar-refractivity contribution is 4.93. The van der Waals surface area contributed by atoms with Crippen molar-refractivity contribution in [1.82, 2.24) is 0 Å². The van der Waals surface area contributed by atoms with Crippen LogP contribution in [0.5, 0.6) is 0 Å². The second-order valence-corrected chi connectivity index (χ2v) is 13.5. The van der Waals surface area contributed by atoms with E-state index in [0.717, 1.165) is 58.2 Å². The molecule has 0 aromatic rings. The van der Waals surface area contributed by atoms with E-state index in [0.29, 0.717) is 0 Å². The topological polar surface area (TPSA) is 38.7 Å². The van der Waals surface area contributed by atoms with E-state index >= 15 is 0 Å². The Balaban J connectivity index is 1.90. The molecule has 262 valence electrons. The molecule has 3 heteroatoms. The largest absolute Gasteiger partial charge is 0.393 e. The number of rotatable bonds is 32. The predicted octanol–water partition coefficient (Wildman–Crippen LogP) is 12.9. The minimum atomic E-state index is -0.277. The van der Waals surface area contributed by atoms with Crippen molar-refractivity contribution < 1.29 is 14.6 Å². The van der Waals surface area contributed by atoms with Crippen LogP contribution in [0, 0.1) is 0 Å². The molecular weight excluding hydrogens is 552 g/mol. The van der Waals surface area contributed by atoms with E-state index in [4.69, 9.17) is 9.47 Å². The molecule has 1 rings (SSSR count). The van der Waals surface area contributed by atoms with Crippen LogP contribution in [0.1, 0.15) is 187 Å². The summed E-state index contributed by atoms with van der Waals surface area (Å²) in [5.41, 5.74) is 0. The summed E-state index contributed by atoms with van der Waals surface area (Å²) in [6.45, 7) is 6.17. The second-order valence-electron chi connectivity index (χ2n) is 13.5. The number of hydrogen-bond acceptors (Lipinski definition) is 3. The Morgan fingerprint density at radius 2 is 0.756 bits per heavy atom. The fourth-order valence-corrected chi connectivity index (χ4v) is 6.14. The number of aliphatic hydroxyl groups is 1. The van der Waals surface area contributed by atoms with Gasteiger partial charge in [0.05, 0.1) is 18.3 Å². The number of hydrogen-bond donors (Lipinski definition) is 1. The normalized spacial score (nSPS) is 19.3. The van der Waals surface area contributed by atoms with E-state index in [-0.39, 0.29) is 18.3 Å². The van der Waals surface area contributed by atoms with Crippen LogP contribution in [-0.4, -0.2) is 36.6 Å². The minimum absolute atomic E-state index is 0.160. The Hall–Kier alpha value is -1.16. The first-order chi connectivity index (χ1) is 22.3. The monoisotopic (exact) mass is 629 g/mol. The first-order valence-electron chi connectivity index (χ1n) is 19.8. The van der Waals surface area contributed by atoms with E-state index in [1.807, 2.05) is 0 Å². The van der Waals surface area contributed by atoms with Crippen molar-refractivity contribution in [2.75, 3.05) is 13.2 Å². The van der Waals surface area contributed by atoms with Crippen LogP contribution >= 0.6 is 0 Å². The van der Waals surface area contributed by atoms with Gasteiger partial charge in [-0.1, -0.05) is 140 Å². The number of allylic oxidation sites excluding steroid dienone is 8. The first-order valence-corrected chi connectivity index (χ1v) is 19.8. The summed E-state index contributed by atoms with van der Waals surface area (Å²) in [5, 5.41) is 10.4. The third-order valence-electron chi connectivity index (χ3n) is 8.99. The van der Waals surface area contributed by atoms with Gasteiger partial charge in [-0.25, -0.2) is 0 Å². The third kappa shape index (κ3) is 30.0. The van der Waals surface area contributed by atoms with Crippen molar-refractivity contribution >= 4 is 0 Å². The Bertz CT molecular complexity index is 651. The van der Waals surface area contributed by atoms with Crippen molar-refractivity contribution in [1.29, 1.82) is 0 Å². The highest BCUT2D eigenvalue weighted by atomic mass is 16.5. The molecule has 2 unspecified atom stereocenters. The average molecular weight is 629 g/mol. The van der Waals surface area contributed by atoms with E-state index in [2.05, 4.69) is 62.5 Å². The zero-order valence-corrected chi connectivity index (χ0v) is 30.1. The van der Waals surface area contributed by atoms with Crippen LogP contribution in [0.25, 0.3) is 0 Å². The summed E-state index contributed by atoms with van der Waals surface area (Å²) >= 11 is 0. The zero-order chi connectivity index (χ0) is 32.3. The maximum atomic E-state index is 10.4.